The highest BCUT2D eigenvalue weighted by molar-refractivity contribution is 7.98. The predicted octanol–water partition coefficient (Wildman–Crippen LogP) is 2.92. The first kappa shape index (κ1) is 9.38. The first-order valence-corrected chi connectivity index (χ1v) is 4.78. The predicted molar refractivity (Wildman–Crippen MR) is 47.5 cm³/mol. The molecule has 0 radical (unpaired) electrons. The van der Waals surface area contributed by atoms with Crippen molar-refractivity contribution in [3.63, 3.8) is 0 Å². The van der Waals surface area contributed by atoms with E-state index in [0.717, 1.165) is 5.75 Å². The molecule has 0 aromatic heterocycles. The van der Waals surface area contributed by atoms with E-state index in [1.807, 2.05) is 0 Å². The maximum absolute atomic E-state index is 5.88. The molecule has 1 atom stereocenters. The number of rotatable bonds is 3. The Hall–Kier alpha value is 0.380. The fourth-order valence-electron chi connectivity index (χ4n) is 0.569. The first-order valence-electron chi connectivity index (χ1n) is 2.95. The fraction of sp³-hybridized carbons (Fsp3) is 0.714. The molecule has 0 heterocycles. The normalized spacial score (nSPS) is 12.9. The van der Waals surface area contributed by atoms with Crippen LogP contribution >= 0.6 is 23.4 Å². The molecule has 0 saturated heterocycles. The zero-order valence-corrected chi connectivity index (χ0v) is 7.72. The van der Waals surface area contributed by atoms with E-state index in [1.165, 1.54) is 5.57 Å². The van der Waals surface area contributed by atoms with Gasteiger partial charge in [0.25, 0.3) is 0 Å². The minimum Gasteiger partial charge on any atom is -0.164 e. The van der Waals surface area contributed by atoms with Gasteiger partial charge in [-0.2, -0.15) is 11.8 Å². The van der Waals surface area contributed by atoms with E-state index in [4.69, 9.17) is 11.6 Å². The van der Waals surface area contributed by atoms with Crippen LogP contribution in [0.1, 0.15) is 13.8 Å². The molecule has 0 amide bonds. The molecule has 1 unspecified atom stereocenters. The number of hydrogen-bond donors (Lipinski definition) is 0. The second-order valence-electron chi connectivity index (χ2n) is 2.22. The number of alkyl halides is 1. The van der Waals surface area contributed by atoms with Gasteiger partial charge < -0.3 is 0 Å². The summed E-state index contributed by atoms with van der Waals surface area (Å²) in [7, 11) is 0. The third-order valence-electron chi connectivity index (χ3n) is 0.840. The van der Waals surface area contributed by atoms with Crippen LogP contribution in [-0.2, 0) is 0 Å². The molecule has 54 valence electrons. The maximum Gasteiger partial charge on any atom is 0.0608 e. The average Bonchev–Trinajstić information content (AvgIpc) is 1.63. The summed E-state index contributed by atoms with van der Waals surface area (Å²) in [4.78, 5) is 0. The maximum atomic E-state index is 5.88. The van der Waals surface area contributed by atoms with Crippen molar-refractivity contribution in [2.75, 3.05) is 12.0 Å². The average molecular weight is 165 g/mol. The Morgan fingerprint density at radius 3 is 2.56 bits per heavy atom. The highest BCUT2D eigenvalue weighted by atomic mass is 35.5. The molecule has 0 nitrogen and oxygen atoms in total. The van der Waals surface area contributed by atoms with E-state index in [1.54, 1.807) is 11.8 Å². The summed E-state index contributed by atoms with van der Waals surface area (Å²) in [5.41, 5.74) is 1.30. The lowest BCUT2D eigenvalue weighted by atomic mass is 10.3. The Morgan fingerprint density at radius 1 is 1.67 bits per heavy atom. The van der Waals surface area contributed by atoms with Crippen LogP contribution in [0, 0.1) is 0 Å². The molecule has 0 saturated carbocycles. The van der Waals surface area contributed by atoms with Crippen LogP contribution in [0.5, 0.6) is 0 Å². The Labute approximate surface area is 66.7 Å². The molecule has 0 aromatic rings. The van der Waals surface area contributed by atoms with Crippen molar-refractivity contribution in [2.45, 2.75) is 19.2 Å². The molecule has 0 N–H and O–H groups in total. The van der Waals surface area contributed by atoms with Crippen LogP contribution in [0.15, 0.2) is 11.6 Å². The lowest BCUT2D eigenvalue weighted by molar-refractivity contribution is 1.20. The number of thioether (sulfide) groups is 1. The molecule has 0 aliphatic heterocycles. The molecule has 2 heteroatoms. The van der Waals surface area contributed by atoms with Gasteiger partial charge in [-0.3, -0.25) is 0 Å². The van der Waals surface area contributed by atoms with Crippen molar-refractivity contribution in [3.8, 4) is 0 Å². The molecule has 0 aliphatic rings. The standard InChI is InChI=1S/C7H13ClS/c1-6(2)4-7(8)5-9-3/h4,7H,5H2,1-3H3. The van der Waals surface area contributed by atoms with Gasteiger partial charge in [-0.25, -0.2) is 0 Å². The van der Waals surface area contributed by atoms with Gasteiger partial charge in [0.15, 0.2) is 0 Å². The van der Waals surface area contributed by atoms with E-state index in [0.29, 0.717) is 0 Å². The van der Waals surface area contributed by atoms with Gasteiger partial charge in [-0.1, -0.05) is 11.6 Å². The van der Waals surface area contributed by atoms with E-state index < -0.39 is 0 Å². The second kappa shape index (κ2) is 5.19. The minimum atomic E-state index is 0.213. The van der Waals surface area contributed by atoms with E-state index in [-0.39, 0.29) is 5.38 Å². The summed E-state index contributed by atoms with van der Waals surface area (Å²) in [6, 6.07) is 0. The van der Waals surface area contributed by atoms with Crippen LogP contribution < -0.4 is 0 Å². The van der Waals surface area contributed by atoms with E-state index >= 15 is 0 Å². The van der Waals surface area contributed by atoms with Crippen molar-refractivity contribution >= 4 is 23.4 Å². The highest BCUT2D eigenvalue weighted by Gasteiger charge is 1.96. The lowest BCUT2D eigenvalue weighted by Gasteiger charge is -2.00. The lowest BCUT2D eigenvalue weighted by Crippen LogP contribution is -1.96. The summed E-state index contributed by atoms with van der Waals surface area (Å²) in [6.07, 6.45) is 4.15. The van der Waals surface area contributed by atoms with Crippen LogP contribution in [0.4, 0.5) is 0 Å². The highest BCUT2D eigenvalue weighted by Crippen LogP contribution is 2.07. The van der Waals surface area contributed by atoms with Crippen LogP contribution in [0.3, 0.4) is 0 Å². The zero-order chi connectivity index (χ0) is 7.28. The fourth-order valence-corrected chi connectivity index (χ4v) is 1.61. The minimum absolute atomic E-state index is 0.213. The van der Waals surface area contributed by atoms with Crippen molar-refractivity contribution in [2.24, 2.45) is 0 Å². The second-order valence-corrected chi connectivity index (χ2v) is 3.69. The van der Waals surface area contributed by atoms with Gasteiger partial charge in [0, 0.05) is 5.75 Å². The molecular formula is C7H13ClS. The van der Waals surface area contributed by atoms with Crippen molar-refractivity contribution in [1.29, 1.82) is 0 Å². The molecule has 9 heavy (non-hydrogen) atoms. The summed E-state index contributed by atoms with van der Waals surface area (Å²) in [5, 5.41) is 0.213. The smallest absolute Gasteiger partial charge is 0.0608 e. The summed E-state index contributed by atoms with van der Waals surface area (Å²) in [6.45, 7) is 4.13. The first-order chi connectivity index (χ1) is 4.16. The van der Waals surface area contributed by atoms with Crippen LogP contribution in [-0.4, -0.2) is 17.4 Å². The Bertz CT molecular complexity index is 95.1. The van der Waals surface area contributed by atoms with Gasteiger partial charge in [0.2, 0.25) is 0 Å². The number of halogens is 1. The molecule has 0 rings (SSSR count). The Balaban J connectivity index is 3.49. The summed E-state index contributed by atoms with van der Waals surface area (Å²) < 4.78 is 0. The Kier molecular flexibility index (Phi) is 5.41. The monoisotopic (exact) mass is 164 g/mol. The summed E-state index contributed by atoms with van der Waals surface area (Å²) in [5.74, 6) is 1.01. The molecule has 0 fully saturated rings. The summed E-state index contributed by atoms with van der Waals surface area (Å²) >= 11 is 7.65. The zero-order valence-electron chi connectivity index (χ0n) is 6.15. The quantitative estimate of drug-likeness (QED) is 0.457. The molecule has 0 aliphatic carbocycles. The molecule has 0 bridgehead atoms. The van der Waals surface area contributed by atoms with Crippen LogP contribution in [0.2, 0.25) is 0 Å². The molecule has 0 aromatic carbocycles. The molecular weight excluding hydrogens is 152 g/mol. The molecule has 0 spiro atoms. The van der Waals surface area contributed by atoms with Gasteiger partial charge in [0.1, 0.15) is 0 Å². The topological polar surface area (TPSA) is 0 Å². The van der Waals surface area contributed by atoms with Gasteiger partial charge in [-0.05, 0) is 20.1 Å². The number of allylic oxidation sites excluding steroid dienone is 2. The largest absolute Gasteiger partial charge is 0.164 e. The van der Waals surface area contributed by atoms with Crippen molar-refractivity contribution in [1.82, 2.24) is 0 Å². The SMILES string of the molecule is CSCC(Cl)C=C(C)C. The van der Waals surface area contributed by atoms with Crippen molar-refractivity contribution in [3.05, 3.63) is 11.6 Å². The number of hydrogen-bond acceptors (Lipinski definition) is 1. The van der Waals surface area contributed by atoms with E-state index in [9.17, 15) is 0 Å². The Morgan fingerprint density at radius 2 is 2.22 bits per heavy atom. The van der Waals surface area contributed by atoms with Gasteiger partial charge >= 0.3 is 0 Å². The van der Waals surface area contributed by atoms with Crippen molar-refractivity contribution < 1.29 is 0 Å². The van der Waals surface area contributed by atoms with Gasteiger partial charge in [-0.15, -0.1) is 11.6 Å². The third-order valence-corrected chi connectivity index (χ3v) is 2.00. The van der Waals surface area contributed by atoms with Crippen LogP contribution in [0.25, 0.3) is 0 Å². The third kappa shape index (κ3) is 6.26. The van der Waals surface area contributed by atoms with E-state index in [2.05, 4.69) is 26.2 Å². The van der Waals surface area contributed by atoms with Gasteiger partial charge in [0.05, 0.1) is 5.38 Å².